The van der Waals surface area contributed by atoms with Crippen LogP contribution in [0.3, 0.4) is 0 Å². The van der Waals surface area contributed by atoms with Gasteiger partial charge in [-0.3, -0.25) is 10.6 Å². The number of hydrogen-bond donors (Lipinski definition) is 2. The summed E-state index contributed by atoms with van der Waals surface area (Å²) in [6, 6.07) is 17.9. The topological polar surface area (TPSA) is 76.7 Å². The fourth-order valence-corrected chi connectivity index (χ4v) is 1.75. The van der Waals surface area contributed by atoms with E-state index in [4.69, 9.17) is 9.47 Å². The zero-order valence-corrected chi connectivity index (χ0v) is 12.7. The van der Waals surface area contributed by atoms with E-state index in [9.17, 15) is 9.59 Å². The number of para-hydroxylation sites is 2. The normalized spacial score (nSPS) is 11.2. The first-order chi connectivity index (χ1) is 11.1. The molecule has 1 atom stereocenters. The van der Waals surface area contributed by atoms with Crippen LogP contribution in [0.15, 0.2) is 60.7 Å². The van der Waals surface area contributed by atoms with Crippen molar-refractivity contribution in [1.82, 2.24) is 0 Å². The van der Waals surface area contributed by atoms with Gasteiger partial charge in [-0.15, -0.1) is 0 Å². The molecule has 120 valence electrons. The SMILES string of the molecule is CC(COC(=O)Nc1ccccc1)OC(=O)Nc1ccccc1. The maximum Gasteiger partial charge on any atom is 0.412 e. The van der Waals surface area contributed by atoms with Crippen molar-refractivity contribution in [3.8, 4) is 0 Å². The molecule has 6 nitrogen and oxygen atoms in total. The molecule has 0 aliphatic heterocycles. The Morgan fingerprint density at radius 1 is 0.870 bits per heavy atom. The molecule has 0 aliphatic carbocycles. The Morgan fingerprint density at radius 2 is 1.35 bits per heavy atom. The van der Waals surface area contributed by atoms with Crippen LogP contribution in [0.5, 0.6) is 0 Å². The maximum atomic E-state index is 11.7. The van der Waals surface area contributed by atoms with Gasteiger partial charge in [-0.2, -0.15) is 0 Å². The molecule has 0 radical (unpaired) electrons. The van der Waals surface area contributed by atoms with E-state index in [1.54, 1.807) is 55.5 Å². The van der Waals surface area contributed by atoms with Gasteiger partial charge in [0.15, 0.2) is 0 Å². The zero-order chi connectivity index (χ0) is 16.5. The van der Waals surface area contributed by atoms with Gasteiger partial charge >= 0.3 is 12.2 Å². The Balaban J connectivity index is 1.69. The van der Waals surface area contributed by atoms with E-state index in [1.165, 1.54) is 0 Å². The van der Waals surface area contributed by atoms with Gasteiger partial charge in [0.2, 0.25) is 0 Å². The maximum absolute atomic E-state index is 11.7. The highest BCUT2D eigenvalue weighted by Gasteiger charge is 2.12. The summed E-state index contributed by atoms with van der Waals surface area (Å²) in [4.78, 5) is 23.3. The highest BCUT2D eigenvalue weighted by atomic mass is 16.6. The minimum atomic E-state index is -0.602. The smallest absolute Gasteiger partial charge is 0.412 e. The second-order valence-corrected chi connectivity index (χ2v) is 4.80. The number of nitrogens with one attached hydrogen (secondary N) is 2. The van der Waals surface area contributed by atoms with Gasteiger partial charge in [-0.05, 0) is 31.2 Å². The van der Waals surface area contributed by atoms with E-state index in [1.807, 2.05) is 12.1 Å². The van der Waals surface area contributed by atoms with Crippen molar-refractivity contribution in [2.24, 2.45) is 0 Å². The van der Waals surface area contributed by atoms with Crippen molar-refractivity contribution in [1.29, 1.82) is 0 Å². The van der Waals surface area contributed by atoms with Crippen molar-refractivity contribution in [3.63, 3.8) is 0 Å². The molecule has 2 N–H and O–H groups in total. The van der Waals surface area contributed by atoms with Gasteiger partial charge in [0, 0.05) is 11.4 Å². The second kappa shape index (κ2) is 8.43. The van der Waals surface area contributed by atoms with E-state index in [0.29, 0.717) is 11.4 Å². The van der Waals surface area contributed by atoms with Crippen molar-refractivity contribution >= 4 is 23.6 Å². The molecule has 2 rings (SSSR count). The lowest BCUT2D eigenvalue weighted by molar-refractivity contribution is 0.0651. The van der Waals surface area contributed by atoms with Crippen molar-refractivity contribution < 1.29 is 19.1 Å². The fraction of sp³-hybridized carbons (Fsp3) is 0.176. The predicted molar refractivity (Wildman–Crippen MR) is 87.4 cm³/mol. The second-order valence-electron chi connectivity index (χ2n) is 4.80. The Hall–Kier alpha value is -3.02. The average molecular weight is 314 g/mol. The van der Waals surface area contributed by atoms with Gasteiger partial charge in [0.25, 0.3) is 0 Å². The van der Waals surface area contributed by atoms with Crippen LogP contribution in [0.1, 0.15) is 6.92 Å². The summed E-state index contributed by atoms with van der Waals surface area (Å²) < 4.78 is 10.1. The molecule has 6 heteroatoms. The Kier molecular flexibility index (Phi) is 5.99. The molecule has 0 fully saturated rings. The summed E-state index contributed by atoms with van der Waals surface area (Å²) in [6.45, 7) is 1.60. The molecule has 2 amide bonds. The molecule has 23 heavy (non-hydrogen) atoms. The van der Waals surface area contributed by atoms with E-state index >= 15 is 0 Å². The largest absolute Gasteiger partial charge is 0.445 e. The summed E-state index contributed by atoms with van der Waals surface area (Å²) in [5, 5.41) is 5.16. The van der Waals surface area contributed by atoms with Crippen LogP contribution in [0.2, 0.25) is 0 Å². The van der Waals surface area contributed by atoms with Gasteiger partial charge in [-0.25, -0.2) is 9.59 Å². The van der Waals surface area contributed by atoms with Crippen LogP contribution < -0.4 is 10.6 Å². The standard InChI is InChI=1S/C17H18N2O4/c1-13(23-17(21)19-15-10-6-3-7-11-15)12-22-16(20)18-14-8-4-2-5-9-14/h2-11,13H,12H2,1H3,(H,18,20)(H,19,21). The number of hydrogen-bond acceptors (Lipinski definition) is 4. The first-order valence-corrected chi connectivity index (χ1v) is 7.15. The summed E-state index contributed by atoms with van der Waals surface area (Å²) >= 11 is 0. The lowest BCUT2D eigenvalue weighted by Crippen LogP contribution is -2.26. The van der Waals surface area contributed by atoms with Crippen molar-refractivity contribution in [2.45, 2.75) is 13.0 Å². The molecular formula is C17H18N2O4. The van der Waals surface area contributed by atoms with Crippen molar-refractivity contribution in [3.05, 3.63) is 60.7 Å². The van der Waals surface area contributed by atoms with Gasteiger partial charge < -0.3 is 9.47 Å². The highest BCUT2D eigenvalue weighted by molar-refractivity contribution is 5.85. The Labute approximate surface area is 134 Å². The third kappa shape index (κ3) is 6.09. The first-order valence-electron chi connectivity index (χ1n) is 7.15. The average Bonchev–Trinajstić information content (AvgIpc) is 2.55. The minimum Gasteiger partial charge on any atom is -0.445 e. The minimum absolute atomic E-state index is 0.0408. The molecule has 0 saturated carbocycles. The zero-order valence-electron chi connectivity index (χ0n) is 12.7. The number of ether oxygens (including phenoxy) is 2. The van der Waals surface area contributed by atoms with Crippen molar-refractivity contribution in [2.75, 3.05) is 17.2 Å². The van der Waals surface area contributed by atoms with Crippen LogP contribution in [0, 0.1) is 0 Å². The molecule has 0 spiro atoms. The van der Waals surface area contributed by atoms with Gasteiger partial charge in [-0.1, -0.05) is 36.4 Å². The Bertz CT molecular complexity index is 632. The molecule has 0 saturated heterocycles. The van der Waals surface area contributed by atoms with Crippen LogP contribution in [0.25, 0.3) is 0 Å². The molecule has 0 bridgehead atoms. The third-order valence-corrected chi connectivity index (χ3v) is 2.80. The number of amides is 2. The van der Waals surface area contributed by atoms with Crippen LogP contribution in [-0.4, -0.2) is 24.9 Å². The highest BCUT2D eigenvalue weighted by Crippen LogP contribution is 2.07. The van der Waals surface area contributed by atoms with E-state index in [2.05, 4.69) is 10.6 Å². The fourth-order valence-electron chi connectivity index (χ4n) is 1.75. The number of carbonyl (C=O) groups is 2. The number of rotatable bonds is 5. The lowest BCUT2D eigenvalue weighted by atomic mass is 10.3. The Morgan fingerprint density at radius 3 is 1.87 bits per heavy atom. The third-order valence-electron chi connectivity index (χ3n) is 2.80. The molecular weight excluding hydrogens is 296 g/mol. The first kappa shape index (κ1) is 16.4. The molecule has 0 heterocycles. The monoisotopic (exact) mass is 314 g/mol. The van der Waals surface area contributed by atoms with E-state index < -0.39 is 18.3 Å². The summed E-state index contributed by atoms with van der Waals surface area (Å²) in [5.41, 5.74) is 1.26. The van der Waals surface area contributed by atoms with E-state index in [0.717, 1.165) is 0 Å². The van der Waals surface area contributed by atoms with Crippen LogP contribution in [0.4, 0.5) is 21.0 Å². The van der Waals surface area contributed by atoms with Crippen LogP contribution >= 0.6 is 0 Å². The number of carbonyl (C=O) groups excluding carboxylic acids is 2. The molecule has 0 aromatic heterocycles. The van der Waals surface area contributed by atoms with Crippen LogP contribution in [-0.2, 0) is 9.47 Å². The summed E-state index contributed by atoms with van der Waals surface area (Å²) in [7, 11) is 0. The van der Waals surface area contributed by atoms with Gasteiger partial charge in [0.1, 0.15) is 12.7 Å². The van der Waals surface area contributed by atoms with Gasteiger partial charge in [0.05, 0.1) is 0 Å². The molecule has 0 aliphatic rings. The summed E-state index contributed by atoms with van der Waals surface area (Å²) in [6.07, 6.45) is -1.77. The molecule has 2 aromatic carbocycles. The quantitative estimate of drug-likeness (QED) is 0.878. The number of benzene rings is 2. The molecule has 2 aromatic rings. The summed E-state index contributed by atoms with van der Waals surface area (Å²) in [5.74, 6) is 0. The lowest BCUT2D eigenvalue weighted by Gasteiger charge is -2.14. The van der Waals surface area contributed by atoms with E-state index in [-0.39, 0.29) is 6.61 Å². The molecule has 1 unspecified atom stereocenters. The predicted octanol–water partition coefficient (Wildman–Crippen LogP) is 3.87. The number of anilines is 2.